The molecule has 0 spiro atoms. The molecule has 0 N–H and O–H groups in total. The van der Waals surface area contributed by atoms with E-state index in [-0.39, 0.29) is 0 Å². The van der Waals surface area contributed by atoms with E-state index in [4.69, 9.17) is 11.6 Å². The van der Waals surface area contributed by atoms with Gasteiger partial charge in [-0.15, -0.1) is 0 Å². The van der Waals surface area contributed by atoms with Crippen molar-refractivity contribution in [3.63, 3.8) is 0 Å². The van der Waals surface area contributed by atoms with Gasteiger partial charge >= 0.3 is 0 Å². The van der Waals surface area contributed by atoms with Gasteiger partial charge in [-0.25, -0.2) is 0 Å². The molecule has 0 radical (unpaired) electrons. The van der Waals surface area contributed by atoms with Gasteiger partial charge in [0.05, 0.1) is 0 Å². The lowest BCUT2D eigenvalue weighted by Crippen LogP contribution is -1.93. The highest BCUT2D eigenvalue weighted by atomic mass is 127. The highest BCUT2D eigenvalue weighted by Crippen LogP contribution is 2.26. The van der Waals surface area contributed by atoms with Crippen molar-refractivity contribution in [3.8, 4) is 0 Å². The number of carbonyl (C=O) groups excluding carboxylic acids is 1. The van der Waals surface area contributed by atoms with Gasteiger partial charge in [0, 0.05) is 13.6 Å². The van der Waals surface area contributed by atoms with E-state index in [1.165, 1.54) is 0 Å². The van der Waals surface area contributed by atoms with Gasteiger partial charge in [-0.1, -0.05) is 0 Å². The SMILES string of the molecule is Cc1cc(I)c(Br)c(C(=O)Cl)c1. The fourth-order valence-electron chi connectivity index (χ4n) is 0.868. The molecule has 0 unspecified atom stereocenters. The Morgan fingerprint density at radius 1 is 1.58 bits per heavy atom. The van der Waals surface area contributed by atoms with Crippen LogP contribution < -0.4 is 0 Å². The molecular weight excluding hydrogens is 354 g/mol. The Hall–Kier alpha value is 0.390. The van der Waals surface area contributed by atoms with Crippen molar-refractivity contribution in [2.24, 2.45) is 0 Å². The Labute approximate surface area is 97.8 Å². The van der Waals surface area contributed by atoms with Crippen LogP contribution in [0.1, 0.15) is 15.9 Å². The standard InChI is InChI=1S/C8H5BrClIO/c1-4-2-5(8(10)12)7(9)6(11)3-4/h2-3H,1H3. The summed E-state index contributed by atoms with van der Waals surface area (Å²) in [5.74, 6) is 0. The minimum absolute atomic E-state index is 0.427. The zero-order valence-electron chi connectivity index (χ0n) is 6.20. The Balaban J connectivity index is 3.37. The molecule has 1 aromatic rings. The van der Waals surface area contributed by atoms with Gasteiger partial charge in [0.15, 0.2) is 0 Å². The predicted molar refractivity (Wildman–Crippen MR) is 61.8 cm³/mol. The van der Waals surface area contributed by atoms with E-state index in [1.807, 2.05) is 13.0 Å². The second-order valence-electron chi connectivity index (χ2n) is 2.38. The second-order valence-corrected chi connectivity index (χ2v) is 4.68. The van der Waals surface area contributed by atoms with Gasteiger partial charge in [-0.2, -0.15) is 0 Å². The molecule has 0 amide bonds. The molecule has 0 aliphatic rings. The van der Waals surface area contributed by atoms with Gasteiger partial charge in [0.1, 0.15) is 0 Å². The normalized spacial score (nSPS) is 10.0. The molecule has 64 valence electrons. The van der Waals surface area contributed by atoms with E-state index in [9.17, 15) is 4.79 Å². The number of benzene rings is 1. The minimum atomic E-state index is -0.427. The Morgan fingerprint density at radius 2 is 2.17 bits per heavy atom. The van der Waals surface area contributed by atoms with Gasteiger partial charge in [0.25, 0.3) is 5.24 Å². The van der Waals surface area contributed by atoms with Crippen LogP contribution in [0.4, 0.5) is 0 Å². The Bertz CT molecular complexity index is 338. The summed E-state index contributed by atoms with van der Waals surface area (Å²) in [4.78, 5) is 10.9. The molecule has 0 atom stereocenters. The van der Waals surface area contributed by atoms with Crippen LogP contribution >= 0.6 is 50.1 Å². The molecule has 0 aromatic heterocycles. The molecule has 1 nitrogen and oxygen atoms in total. The maximum Gasteiger partial charge on any atom is 0.253 e. The summed E-state index contributed by atoms with van der Waals surface area (Å²) in [7, 11) is 0. The lowest BCUT2D eigenvalue weighted by atomic mass is 10.2. The lowest BCUT2D eigenvalue weighted by molar-refractivity contribution is 0.108. The van der Waals surface area contributed by atoms with Crippen molar-refractivity contribution in [1.82, 2.24) is 0 Å². The lowest BCUT2D eigenvalue weighted by Gasteiger charge is -2.02. The van der Waals surface area contributed by atoms with Crippen molar-refractivity contribution >= 4 is 55.4 Å². The van der Waals surface area contributed by atoms with E-state index >= 15 is 0 Å². The van der Waals surface area contributed by atoms with Crippen LogP contribution in [0.25, 0.3) is 0 Å². The number of halogens is 3. The summed E-state index contributed by atoms with van der Waals surface area (Å²) in [6.45, 7) is 1.93. The molecule has 4 heteroatoms. The first-order valence-corrected chi connectivity index (χ1v) is 5.43. The van der Waals surface area contributed by atoms with Gasteiger partial charge < -0.3 is 0 Å². The van der Waals surface area contributed by atoms with Crippen LogP contribution in [0.15, 0.2) is 16.6 Å². The number of aryl methyl sites for hydroxylation is 1. The maximum atomic E-state index is 10.9. The topological polar surface area (TPSA) is 17.1 Å². The van der Waals surface area contributed by atoms with Crippen LogP contribution in [0, 0.1) is 10.5 Å². The molecule has 1 aromatic carbocycles. The van der Waals surface area contributed by atoms with Gasteiger partial charge in [0.2, 0.25) is 0 Å². The van der Waals surface area contributed by atoms with Crippen molar-refractivity contribution in [2.75, 3.05) is 0 Å². The third-order valence-electron chi connectivity index (χ3n) is 1.38. The third-order valence-corrected chi connectivity index (χ3v) is 4.03. The van der Waals surface area contributed by atoms with E-state index < -0.39 is 5.24 Å². The molecule has 0 aliphatic heterocycles. The molecule has 0 aliphatic carbocycles. The summed E-state index contributed by atoms with van der Waals surface area (Å²) >= 11 is 10.8. The van der Waals surface area contributed by atoms with Gasteiger partial charge in [-0.3, -0.25) is 4.79 Å². The third kappa shape index (κ3) is 2.20. The molecular formula is C8H5BrClIO. The highest BCUT2D eigenvalue weighted by Gasteiger charge is 2.10. The van der Waals surface area contributed by atoms with Crippen molar-refractivity contribution in [3.05, 3.63) is 31.3 Å². The smallest absolute Gasteiger partial charge is 0.253 e. The zero-order chi connectivity index (χ0) is 9.30. The van der Waals surface area contributed by atoms with Crippen molar-refractivity contribution < 1.29 is 4.79 Å². The molecule has 0 heterocycles. The number of hydrogen-bond acceptors (Lipinski definition) is 1. The molecule has 0 saturated carbocycles. The largest absolute Gasteiger partial charge is 0.276 e. The average Bonchev–Trinajstić information content (AvgIpc) is 1.96. The van der Waals surface area contributed by atoms with E-state index in [1.54, 1.807) is 6.07 Å². The van der Waals surface area contributed by atoms with Crippen LogP contribution in [-0.2, 0) is 0 Å². The monoisotopic (exact) mass is 358 g/mol. The predicted octanol–water partition coefficient (Wildman–Crippen LogP) is 3.74. The summed E-state index contributed by atoms with van der Waals surface area (Å²) in [6, 6.07) is 3.75. The molecule has 0 saturated heterocycles. The Kier molecular flexibility index (Phi) is 3.55. The van der Waals surface area contributed by atoms with Crippen LogP contribution in [0.5, 0.6) is 0 Å². The quantitative estimate of drug-likeness (QED) is 0.551. The zero-order valence-corrected chi connectivity index (χ0v) is 10.7. The minimum Gasteiger partial charge on any atom is -0.276 e. The van der Waals surface area contributed by atoms with E-state index in [2.05, 4.69) is 38.5 Å². The van der Waals surface area contributed by atoms with Crippen molar-refractivity contribution in [1.29, 1.82) is 0 Å². The number of carbonyl (C=O) groups is 1. The van der Waals surface area contributed by atoms with E-state index in [0.717, 1.165) is 13.6 Å². The first-order valence-electron chi connectivity index (χ1n) is 3.18. The maximum absolute atomic E-state index is 10.9. The summed E-state index contributed by atoms with van der Waals surface area (Å²) in [5, 5.41) is -0.427. The molecule has 0 bridgehead atoms. The summed E-state index contributed by atoms with van der Waals surface area (Å²) in [5.41, 5.74) is 1.56. The first kappa shape index (κ1) is 10.5. The highest BCUT2D eigenvalue weighted by molar-refractivity contribution is 14.1. The van der Waals surface area contributed by atoms with Crippen LogP contribution in [0.2, 0.25) is 0 Å². The molecule has 0 fully saturated rings. The van der Waals surface area contributed by atoms with Crippen LogP contribution in [-0.4, -0.2) is 5.24 Å². The summed E-state index contributed by atoms with van der Waals surface area (Å²) < 4.78 is 1.77. The average molecular weight is 359 g/mol. The fourth-order valence-corrected chi connectivity index (χ4v) is 2.32. The number of hydrogen-bond donors (Lipinski definition) is 0. The first-order chi connectivity index (χ1) is 5.52. The van der Waals surface area contributed by atoms with Gasteiger partial charge in [-0.05, 0) is 74.7 Å². The Morgan fingerprint density at radius 3 is 2.67 bits per heavy atom. The number of rotatable bonds is 1. The van der Waals surface area contributed by atoms with Crippen LogP contribution in [0.3, 0.4) is 0 Å². The second kappa shape index (κ2) is 4.07. The molecule has 1 rings (SSSR count). The molecule has 12 heavy (non-hydrogen) atoms. The van der Waals surface area contributed by atoms with E-state index in [0.29, 0.717) is 5.56 Å². The van der Waals surface area contributed by atoms with Crippen molar-refractivity contribution in [2.45, 2.75) is 6.92 Å². The fraction of sp³-hybridized carbons (Fsp3) is 0.125. The summed E-state index contributed by atoms with van der Waals surface area (Å²) in [6.07, 6.45) is 0.